The number of aliphatic hydroxyl groups is 1. The van der Waals surface area contributed by atoms with E-state index in [-0.39, 0.29) is 5.91 Å². The largest absolute Gasteiger partial charge is 0.391 e. The fourth-order valence-corrected chi connectivity index (χ4v) is 3.72. The van der Waals surface area contributed by atoms with Crippen LogP contribution >= 0.6 is 0 Å². The lowest BCUT2D eigenvalue weighted by Gasteiger charge is -2.30. The Hall–Kier alpha value is -3.19. The highest BCUT2D eigenvalue weighted by atomic mass is 16.3. The lowest BCUT2D eigenvalue weighted by Crippen LogP contribution is -2.42. The van der Waals surface area contributed by atoms with Gasteiger partial charge in [0, 0.05) is 24.0 Å². The van der Waals surface area contributed by atoms with Crippen molar-refractivity contribution in [1.82, 2.24) is 25.1 Å². The Morgan fingerprint density at radius 2 is 2.07 bits per heavy atom. The number of aromatic amines is 2. The highest BCUT2D eigenvalue weighted by molar-refractivity contribution is 6.00. The molecule has 4 aromatic rings. The number of aliphatic hydroxyl groups excluding tert-OH is 1. The van der Waals surface area contributed by atoms with Crippen LogP contribution in [0.2, 0.25) is 0 Å². The van der Waals surface area contributed by atoms with E-state index in [0.29, 0.717) is 24.5 Å². The molecular weight excluding hydrogens is 342 g/mol. The van der Waals surface area contributed by atoms with Crippen LogP contribution in [0.25, 0.3) is 33.5 Å². The first-order chi connectivity index (χ1) is 13.2. The van der Waals surface area contributed by atoms with Crippen LogP contribution in [0.15, 0.2) is 42.5 Å². The first-order valence-electron chi connectivity index (χ1n) is 9.09. The van der Waals surface area contributed by atoms with Gasteiger partial charge in [-0.3, -0.25) is 9.89 Å². The summed E-state index contributed by atoms with van der Waals surface area (Å²) in [6.45, 7) is 1.07. The van der Waals surface area contributed by atoms with Crippen molar-refractivity contribution in [2.24, 2.45) is 0 Å². The van der Waals surface area contributed by atoms with Gasteiger partial charge in [-0.05, 0) is 43.2 Å². The number of rotatable bonds is 2. The van der Waals surface area contributed by atoms with E-state index in [1.165, 1.54) is 0 Å². The highest BCUT2D eigenvalue weighted by Gasteiger charge is 2.23. The summed E-state index contributed by atoms with van der Waals surface area (Å²) in [7, 11) is 0. The number of piperidine rings is 1. The number of nitrogens with one attached hydrogen (secondary N) is 2. The number of hydrogen-bond acceptors (Lipinski definition) is 4. The topological polar surface area (TPSA) is 97.9 Å². The summed E-state index contributed by atoms with van der Waals surface area (Å²) in [5, 5.41) is 18.1. The number of aromatic nitrogens is 4. The predicted molar refractivity (Wildman–Crippen MR) is 102 cm³/mol. The summed E-state index contributed by atoms with van der Waals surface area (Å²) in [5.41, 5.74) is 3.96. The van der Waals surface area contributed by atoms with Crippen LogP contribution in [0.3, 0.4) is 0 Å². The molecule has 5 rings (SSSR count). The molecule has 27 heavy (non-hydrogen) atoms. The molecule has 1 amide bonds. The first-order valence-corrected chi connectivity index (χ1v) is 9.09. The number of carbonyl (C=O) groups is 1. The van der Waals surface area contributed by atoms with E-state index >= 15 is 0 Å². The number of carbonyl (C=O) groups excluding carboxylic acids is 1. The number of nitrogens with zero attached hydrogens (tertiary/aromatic N) is 3. The molecule has 2 aromatic carbocycles. The fourth-order valence-electron chi connectivity index (χ4n) is 3.72. The van der Waals surface area contributed by atoms with Gasteiger partial charge in [-0.25, -0.2) is 4.98 Å². The Morgan fingerprint density at radius 3 is 2.93 bits per heavy atom. The molecule has 3 heterocycles. The maximum absolute atomic E-state index is 12.7. The molecule has 136 valence electrons. The van der Waals surface area contributed by atoms with Crippen molar-refractivity contribution in [3.05, 3.63) is 48.0 Å². The number of fused-ring (bicyclic) bond motifs is 2. The minimum absolute atomic E-state index is 0.0597. The maximum atomic E-state index is 12.7. The fraction of sp³-hybridized carbons (Fsp3) is 0.250. The predicted octanol–water partition coefficient (Wildman–Crippen LogP) is 2.70. The Morgan fingerprint density at radius 1 is 1.19 bits per heavy atom. The average Bonchev–Trinajstić information content (AvgIpc) is 3.30. The van der Waals surface area contributed by atoms with Gasteiger partial charge < -0.3 is 15.0 Å². The number of amides is 1. The van der Waals surface area contributed by atoms with Crippen molar-refractivity contribution in [2.45, 2.75) is 18.9 Å². The highest BCUT2D eigenvalue weighted by Crippen LogP contribution is 2.27. The molecule has 1 atom stereocenters. The average molecular weight is 361 g/mol. The number of benzene rings is 2. The van der Waals surface area contributed by atoms with E-state index in [9.17, 15) is 9.90 Å². The van der Waals surface area contributed by atoms with Crippen LogP contribution in [0, 0.1) is 0 Å². The zero-order valence-electron chi connectivity index (χ0n) is 14.6. The first kappa shape index (κ1) is 16.0. The van der Waals surface area contributed by atoms with Gasteiger partial charge in [0.25, 0.3) is 5.91 Å². The molecule has 3 N–H and O–H groups in total. The Labute approximate surface area is 155 Å². The minimum atomic E-state index is -0.432. The molecular formula is C20H19N5O2. The van der Waals surface area contributed by atoms with Crippen LogP contribution in [0.4, 0.5) is 0 Å². The number of imidazole rings is 1. The molecule has 7 nitrogen and oxygen atoms in total. The summed E-state index contributed by atoms with van der Waals surface area (Å²) >= 11 is 0. The molecule has 2 aromatic heterocycles. The summed E-state index contributed by atoms with van der Waals surface area (Å²) in [4.78, 5) is 22.4. The van der Waals surface area contributed by atoms with Gasteiger partial charge in [0.1, 0.15) is 5.69 Å². The standard InChI is InChI=1S/C20H19N5O2/c26-13-4-3-9-25(11-13)20(27)12-7-8-14-17(10-12)23-24-18(14)19-21-15-5-1-2-6-16(15)22-19/h1-2,5-8,10,13,26H,3-4,9,11H2,(H,21,22)(H,23,24). The monoisotopic (exact) mass is 361 g/mol. The van der Waals surface area contributed by atoms with Crippen LogP contribution < -0.4 is 0 Å². The van der Waals surface area contributed by atoms with E-state index in [1.54, 1.807) is 4.90 Å². The third-order valence-corrected chi connectivity index (χ3v) is 5.11. The molecule has 0 aliphatic carbocycles. The zero-order valence-corrected chi connectivity index (χ0v) is 14.6. The van der Waals surface area contributed by atoms with Gasteiger partial charge in [0.15, 0.2) is 5.82 Å². The van der Waals surface area contributed by atoms with E-state index in [0.717, 1.165) is 40.5 Å². The van der Waals surface area contributed by atoms with E-state index in [2.05, 4.69) is 20.2 Å². The van der Waals surface area contributed by atoms with Gasteiger partial charge in [-0.15, -0.1) is 0 Å². The van der Waals surface area contributed by atoms with Crippen LogP contribution in [0.1, 0.15) is 23.2 Å². The van der Waals surface area contributed by atoms with Gasteiger partial charge in [-0.1, -0.05) is 12.1 Å². The molecule has 0 radical (unpaired) electrons. The number of H-pyrrole nitrogens is 2. The zero-order chi connectivity index (χ0) is 18.4. The second kappa shape index (κ2) is 6.21. The number of likely N-dealkylation sites (tertiary alicyclic amines) is 1. The number of β-amino-alcohol motifs (C(OH)–C–C–N with tert-alkyl or cyclic N) is 1. The Kier molecular flexibility index (Phi) is 3.68. The Balaban J connectivity index is 1.50. The third kappa shape index (κ3) is 2.76. The maximum Gasteiger partial charge on any atom is 0.254 e. The minimum Gasteiger partial charge on any atom is -0.391 e. The molecule has 0 spiro atoms. The van der Waals surface area contributed by atoms with Crippen molar-refractivity contribution in [3.63, 3.8) is 0 Å². The second-order valence-corrected chi connectivity index (χ2v) is 6.98. The molecule has 1 aliphatic rings. The van der Waals surface area contributed by atoms with E-state index in [4.69, 9.17) is 0 Å². The number of para-hydroxylation sites is 2. The lowest BCUT2D eigenvalue weighted by molar-refractivity contribution is 0.0474. The molecule has 1 saturated heterocycles. The van der Waals surface area contributed by atoms with Crippen molar-refractivity contribution in [1.29, 1.82) is 0 Å². The third-order valence-electron chi connectivity index (χ3n) is 5.11. The van der Waals surface area contributed by atoms with E-state index in [1.807, 2.05) is 42.5 Å². The van der Waals surface area contributed by atoms with Gasteiger partial charge >= 0.3 is 0 Å². The summed E-state index contributed by atoms with van der Waals surface area (Å²) in [6, 6.07) is 13.4. The summed E-state index contributed by atoms with van der Waals surface area (Å²) in [5.74, 6) is 0.635. The number of hydrogen-bond donors (Lipinski definition) is 3. The molecule has 1 fully saturated rings. The lowest BCUT2D eigenvalue weighted by atomic mass is 10.1. The Bertz CT molecular complexity index is 1110. The van der Waals surface area contributed by atoms with Crippen molar-refractivity contribution >= 4 is 27.8 Å². The summed E-state index contributed by atoms with van der Waals surface area (Å²) < 4.78 is 0. The molecule has 0 saturated carbocycles. The van der Waals surface area contributed by atoms with Crippen molar-refractivity contribution < 1.29 is 9.90 Å². The quantitative estimate of drug-likeness (QED) is 0.511. The SMILES string of the molecule is O=C(c1ccc2c(-c3nc4ccccc4[nH]3)n[nH]c2c1)N1CCCC(O)C1. The molecule has 1 aliphatic heterocycles. The van der Waals surface area contributed by atoms with Crippen LogP contribution in [-0.4, -0.2) is 55.3 Å². The normalized spacial score (nSPS) is 17.7. The van der Waals surface area contributed by atoms with Crippen LogP contribution in [0.5, 0.6) is 0 Å². The molecule has 1 unspecified atom stereocenters. The summed E-state index contributed by atoms with van der Waals surface area (Å²) in [6.07, 6.45) is 1.15. The van der Waals surface area contributed by atoms with E-state index < -0.39 is 6.10 Å². The van der Waals surface area contributed by atoms with Crippen LogP contribution in [-0.2, 0) is 0 Å². The van der Waals surface area contributed by atoms with Crippen molar-refractivity contribution in [2.75, 3.05) is 13.1 Å². The van der Waals surface area contributed by atoms with Gasteiger partial charge in [0.2, 0.25) is 0 Å². The second-order valence-electron chi connectivity index (χ2n) is 6.98. The smallest absolute Gasteiger partial charge is 0.254 e. The van der Waals surface area contributed by atoms with Gasteiger partial charge in [-0.2, -0.15) is 5.10 Å². The molecule has 0 bridgehead atoms. The molecule has 7 heteroatoms. The van der Waals surface area contributed by atoms with Crippen molar-refractivity contribution in [3.8, 4) is 11.5 Å². The van der Waals surface area contributed by atoms with Gasteiger partial charge in [0.05, 0.1) is 22.7 Å².